The maximum atomic E-state index is 8.64. The molecule has 13 heavy (non-hydrogen) atoms. The summed E-state index contributed by atoms with van der Waals surface area (Å²) in [4.78, 5) is 8.49. The molecule has 0 radical (unpaired) electrons. The number of nitrogens with zero attached hydrogens (tertiary/aromatic N) is 4. The van der Waals surface area contributed by atoms with Crippen LogP contribution in [-0.4, -0.2) is 21.7 Å². The van der Waals surface area contributed by atoms with Crippen molar-refractivity contribution in [2.75, 3.05) is 12.3 Å². The third-order valence-electron chi connectivity index (χ3n) is 1.04. The van der Waals surface area contributed by atoms with Crippen LogP contribution in [0.25, 0.3) is 0 Å². The lowest BCUT2D eigenvalue weighted by atomic mass is 10.4. The minimum Gasteiger partial charge on any atom is -0.395 e. The van der Waals surface area contributed by atoms with E-state index in [1.165, 1.54) is 0 Å². The second-order valence-electron chi connectivity index (χ2n) is 1.93. The van der Waals surface area contributed by atoms with Crippen LogP contribution in [0.3, 0.4) is 0 Å². The van der Waals surface area contributed by atoms with Crippen LogP contribution in [-0.2, 0) is 4.84 Å². The van der Waals surface area contributed by atoms with Gasteiger partial charge in [-0.25, -0.2) is 0 Å². The minimum atomic E-state index is 0.0369. The number of hydrogen-bond donors (Lipinski definition) is 1. The van der Waals surface area contributed by atoms with Gasteiger partial charge >= 0.3 is 0 Å². The van der Waals surface area contributed by atoms with Gasteiger partial charge in [-0.1, -0.05) is 5.16 Å². The van der Waals surface area contributed by atoms with Crippen LogP contribution < -0.4 is 5.73 Å². The maximum absolute atomic E-state index is 8.64. The SMILES string of the molecule is CCO/N=C(/C#N)c1nsc(N)n1. The Morgan fingerprint density at radius 3 is 3.08 bits per heavy atom. The first-order valence-electron chi connectivity index (χ1n) is 3.47. The molecule has 0 bridgehead atoms. The molecule has 0 saturated heterocycles. The molecule has 0 spiro atoms. The first-order chi connectivity index (χ1) is 6.27. The third kappa shape index (κ3) is 2.38. The Bertz CT molecular complexity index is 352. The van der Waals surface area contributed by atoms with Crippen molar-refractivity contribution >= 4 is 22.4 Å². The summed E-state index contributed by atoms with van der Waals surface area (Å²) < 4.78 is 3.81. The van der Waals surface area contributed by atoms with Crippen molar-refractivity contribution in [2.45, 2.75) is 6.92 Å². The predicted molar refractivity (Wildman–Crippen MR) is 48.1 cm³/mol. The fourth-order valence-corrected chi connectivity index (χ4v) is 1.01. The van der Waals surface area contributed by atoms with E-state index in [9.17, 15) is 0 Å². The van der Waals surface area contributed by atoms with Crippen molar-refractivity contribution in [3.05, 3.63) is 5.82 Å². The highest BCUT2D eigenvalue weighted by atomic mass is 32.1. The number of hydrogen-bond acceptors (Lipinski definition) is 7. The molecular formula is C6H7N5OS. The Balaban J connectivity index is 2.86. The zero-order chi connectivity index (χ0) is 9.68. The van der Waals surface area contributed by atoms with Gasteiger partial charge in [0.1, 0.15) is 12.7 Å². The fourth-order valence-electron chi connectivity index (χ4n) is 0.572. The van der Waals surface area contributed by atoms with E-state index in [2.05, 4.69) is 14.5 Å². The summed E-state index contributed by atoms with van der Waals surface area (Å²) in [6.45, 7) is 2.16. The zero-order valence-corrected chi connectivity index (χ0v) is 7.71. The second-order valence-corrected chi connectivity index (χ2v) is 2.71. The first-order valence-corrected chi connectivity index (χ1v) is 4.25. The van der Waals surface area contributed by atoms with Crippen molar-refractivity contribution < 1.29 is 4.84 Å². The number of rotatable bonds is 3. The normalized spacial score (nSPS) is 10.9. The van der Waals surface area contributed by atoms with Crippen LogP contribution in [0.2, 0.25) is 0 Å². The summed E-state index contributed by atoms with van der Waals surface area (Å²) in [7, 11) is 0. The Morgan fingerprint density at radius 1 is 1.85 bits per heavy atom. The number of anilines is 1. The van der Waals surface area contributed by atoms with Crippen LogP contribution in [0.4, 0.5) is 5.13 Å². The maximum Gasteiger partial charge on any atom is 0.225 e. The summed E-state index contributed by atoms with van der Waals surface area (Å²) in [6, 6.07) is 1.82. The van der Waals surface area contributed by atoms with Crippen molar-refractivity contribution in [3.63, 3.8) is 0 Å². The Kier molecular flexibility index (Phi) is 3.16. The molecule has 0 unspecified atom stereocenters. The highest BCUT2D eigenvalue weighted by Gasteiger charge is 2.09. The number of aromatic nitrogens is 2. The van der Waals surface area contributed by atoms with Crippen molar-refractivity contribution in [3.8, 4) is 6.07 Å². The Hall–Kier alpha value is -1.68. The van der Waals surface area contributed by atoms with E-state index in [4.69, 9.17) is 15.8 Å². The largest absolute Gasteiger partial charge is 0.395 e. The molecule has 0 aliphatic rings. The summed E-state index contributed by atoms with van der Waals surface area (Å²) in [5.74, 6) is 0.207. The van der Waals surface area contributed by atoms with Crippen molar-refractivity contribution in [1.82, 2.24) is 9.36 Å². The fraction of sp³-hybridized carbons (Fsp3) is 0.333. The van der Waals surface area contributed by atoms with Crippen LogP contribution in [0.1, 0.15) is 12.7 Å². The van der Waals surface area contributed by atoms with E-state index in [0.717, 1.165) is 11.5 Å². The average molecular weight is 197 g/mol. The Labute approximate surface area is 78.8 Å². The van der Waals surface area contributed by atoms with Crippen LogP contribution in [0.15, 0.2) is 5.16 Å². The minimum absolute atomic E-state index is 0.0369. The predicted octanol–water partition coefficient (Wildman–Crippen LogP) is 0.384. The van der Waals surface area contributed by atoms with E-state index < -0.39 is 0 Å². The van der Waals surface area contributed by atoms with Crippen LogP contribution >= 0.6 is 11.5 Å². The highest BCUT2D eigenvalue weighted by Crippen LogP contribution is 2.06. The monoisotopic (exact) mass is 197 g/mol. The van der Waals surface area contributed by atoms with Gasteiger partial charge in [0.2, 0.25) is 11.5 Å². The average Bonchev–Trinajstić information content (AvgIpc) is 2.54. The van der Waals surface area contributed by atoms with Crippen LogP contribution in [0.5, 0.6) is 0 Å². The second kappa shape index (κ2) is 4.37. The molecule has 0 saturated carbocycles. The molecule has 0 amide bonds. The van der Waals surface area contributed by atoms with Gasteiger partial charge in [0.25, 0.3) is 0 Å². The van der Waals surface area contributed by atoms with Crippen molar-refractivity contribution in [2.24, 2.45) is 5.16 Å². The quantitative estimate of drug-likeness (QED) is 0.558. The molecule has 1 heterocycles. The molecule has 7 heteroatoms. The van der Waals surface area contributed by atoms with E-state index >= 15 is 0 Å². The molecule has 0 aliphatic carbocycles. The molecule has 0 atom stereocenters. The van der Waals surface area contributed by atoms with E-state index in [1.807, 2.05) is 6.07 Å². The van der Waals surface area contributed by atoms with Crippen molar-refractivity contribution in [1.29, 1.82) is 5.26 Å². The molecular weight excluding hydrogens is 190 g/mol. The van der Waals surface area contributed by atoms with Gasteiger partial charge in [-0.3, -0.25) is 0 Å². The lowest BCUT2D eigenvalue weighted by molar-refractivity contribution is 0.159. The number of nitrogens with two attached hydrogens (primary N) is 1. The van der Waals surface area contributed by atoms with E-state index in [1.54, 1.807) is 6.92 Å². The van der Waals surface area contributed by atoms with E-state index in [-0.39, 0.29) is 11.5 Å². The molecule has 1 aromatic rings. The summed E-state index contributed by atoms with van der Waals surface area (Å²) in [5.41, 5.74) is 5.38. The van der Waals surface area contributed by atoms with Gasteiger partial charge in [-0.05, 0) is 6.92 Å². The van der Waals surface area contributed by atoms with E-state index in [0.29, 0.717) is 11.7 Å². The molecule has 0 aromatic carbocycles. The smallest absolute Gasteiger partial charge is 0.225 e. The van der Waals surface area contributed by atoms with Gasteiger partial charge in [-0.2, -0.15) is 14.6 Å². The number of nitriles is 1. The molecule has 6 nitrogen and oxygen atoms in total. The summed E-state index contributed by atoms with van der Waals surface area (Å²) in [5, 5.41) is 12.5. The lowest BCUT2D eigenvalue weighted by Gasteiger charge is -1.91. The van der Waals surface area contributed by atoms with Gasteiger partial charge in [0.05, 0.1) is 0 Å². The molecule has 0 aliphatic heterocycles. The molecule has 1 aromatic heterocycles. The third-order valence-corrected chi connectivity index (χ3v) is 1.59. The number of nitrogen functional groups attached to an aromatic ring is 1. The van der Waals surface area contributed by atoms with Gasteiger partial charge in [0, 0.05) is 11.5 Å². The van der Waals surface area contributed by atoms with Gasteiger partial charge in [0.15, 0.2) is 5.13 Å². The zero-order valence-electron chi connectivity index (χ0n) is 6.89. The lowest BCUT2D eigenvalue weighted by Crippen LogP contribution is -2.01. The summed E-state index contributed by atoms with van der Waals surface area (Å²) in [6.07, 6.45) is 0. The van der Waals surface area contributed by atoms with Crippen LogP contribution in [0, 0.1) is 11.3 Å². The molecule has 68 valence electrons. The topological polar surface area (TPSA) is 97.2 Å². The highest BCUT2D eigenvalue weighted by molar-refractivity contribution is 7.09. The van der Waals surface area contributed by atoms with Gasteiger partial charge < -0.3 is 10.6 Å². The standard InChI is InChI=1S/C6H7N5OS/c1-2-12-10-4(3-7)5-9-6(8)13-11-5/h2H2,1H3,(H2,8,9,11)/b10-4-. The molecule has 0 fully saturated rings. The molecule has 1 rings (SSSR count). The van der Waals surface area contributed by atoms with Gasteiger partial charge in [-0.15, -0.1) is 0 Å². The Morgan fingerprint density at radius 2 is 2.62 bits per heavy atom. The summed E-state index contributed by atoms with van der Waals surface area (Å²) >= 11 is 1.01. The number of oxime groups is 1. The first kappa shape index (κ1) is 9.41. The molecule has 2 N–H and O–H groups in total.